The summed E-state index contributed by atoms with van der Waals surface area (Å²) in [4.78, 5) is 29.9. The predicted molar refractivity (Wildman–Crippen MR) is 120 cm³/mol. The molecular formula is C24H26N2O3S. The van der Waals surface area contributed by atoms with E-state index < -0.39 is 0 Å². The average molecular weight is 423 g/mol. The van der Waals surface area contributed by atoms with Gasteiger partial charge in [0, 0.05) is 11.6 Å². The van der Waals surface area contributed by atoms with Gasteiger partial charge >= 0.3 is 5.97 Å². The van der Waals surface area contributed by atoms with Crippen LogP contribution in [-0.4, -0.2) is 23.5 Å². The van der Waals surface area contributed by atoms with Gasteiger partial charge in [-0.2, -0.15) is 0 Å². The van der Waals surface area contributed by atoms with Gasteiger partial charge in [-0.3, -0.25) is 9.59 Å². The lowest BCUT2D eigenvalue weighted by Gasteiger charge is -2.28. The molecule has 2 atom stereocenters. The molecule has 2 aromatic carbocycles. The largest absolute Gasteiger partial charge is 0.455 e. The lowest BCUT2D eigenvalue weighted by atomic mass is 9.79. The summed E-state index contributed by atoms with van der Waals surface area (Å²) in [6.45, 7) is 3.75. The number of anilines is 1. The SMILES string of the molecule is Cc1ccc(NC(=O)COC(=O)C2CCCCC2c2nc3ccccc3s2)cc1C. The van der Waals surface area contributed by atoms with Crippen LogP contribution in [0.2, 0.25) is 0 Å². The Morgan fingerprint density at radius 1 is 1.10 bits per heavy atom. The van der Waals surface area contributed by atoms with E-state index in [0.29, 0.717) is 5.69 Å². The van der Waals surface area contributed by atoms with Gasteiger partial charge in [0.15, 0.2) is 6.61 Å². The summed E-state index contributed by atoms with van der Waals surface area (Å²) < 4.78 is 6.56. The van der Waals surface area contributed by atoms with Gasteiger partial charge in [0.2, 0.25) is 0 Å². The zero-order valence-corrected chi connectivity index (χ0v) is 18.1. The van der Waals surface area contributed by atoms with Crippen molar-refractivity contribution < 1.29 is 14.3 Å². The normalized spacial score (nSPS) is 18.9. The number of aryl methyl sites for hydroxylation is 2. The van der Waals surface area contributed by atoms with Gasteiger partial charge in [-0.05, 0) is 62.1 Å². The topological polar surface area (TPSA) is 68.3 Å². The molecule has 0 bridgehead atoms. The highest BCUT2D eigenvalue weighted by atomic mass is 32.1. The van der Waals surface area contributed by atoms with E-state index in [-0.39, 0.29) is 30.3 Å². The summed E-state index contributed by atoms with van der Waals surface area (Å²) in [5.74, 6) is -0.798. The van der Waals surface area contributed by atoms with E-state index >= 15 is 0 Å². The highest BCUT2D eigenvalue weighted by molar-refractivity contribution is 7.18. The number of nitrogens with one attached hydrogen (secondary N) is 1. The Hall–Kier alpha value is -2.73. The third-order valence-corrected chi connectivity index (χ3v) is 7.00. The fourth-order valence-corrected chi connectivity index (χ4v) is 5.18. The number of nitrogens with zero attached hydrogens (tertiary/aromatic N) is 1. The zero-order chi connectivity index (χ0) is 21.1. The third kappa shape index (κ3) is 4.54. The molecule has 4 rings (SSSR count). The number of hydrogen-bond donors (Lipinski definition) is 1. The minimum absolute atomic E-state index is 0.0615. The van der Waals surface area contributed by atoms with Crippen LogP contribution in [0.25, 0.3) is 10.2 Å². The maximum Gasteiger partial charge on any atom is 0.310 e. The van der Waals surface area contributed by atoms with Gasteiger partial charge in [-0.25, -0.2) is 4.98 Å². The Morgan fingerprint density at radius 3 is 2.70 bits per heavy atom. The van der Waals surface area contributed by atoms with Gasteiger partial charge in [0.1, 0.15) is 0 Å². The van der Waals surface area contributed by atoms with Gasteiger partial charge < -0.3 is 10.1 Å². The van der Waals surface area contributed by atoms with Crippen LogP contribution in [0.4, 0.5) is 5.69 Å². The van der Waals surface area contributed by atoms with Crippen LogP contribution < -0.4 is 5.32 Å². The van der Waals surface area contributed by atoms with Gasteiger partial charge in [0.05, 0.1) is 21.1 Å². The molecule has 1 heterocycles. The van der Waals surface area contributed by atoms with Crippen molar-refractivity contribution >= 4 is 39.1 Å². The first-order valence-electron chi connectivity index (χ1n) is 10.4. The number of fused-ring (bicyclic) bond motifs is 1. The van der Waals surface area contributed by atoms with E-state index in [1.807, 2.05) is 50.2 Å². The number of thiazole rings is 1. The van der Waals surface area contributed by atoms with Crippen molar-refractivity contribution in [2.75, 3.05) is 11.9 Å². The number of carbonyl (C=O) groups excluding carboxylic acids is 2. The van der Waals surface area contributed by atoms with Crippen molar-refractivity contribution in [3.8, 4) is 0 Å². The first-order valence-corrected chi connectivity index (χ1v) is 11.2. The van der Waals surface area contributed by atoms with Crippen molar-refractivity contribution in [3.05, 3.63) is 58.6 Å². The first kappa shape index (κ1) is 20.5. The molecule has 1 saturated carbocycles. The summed E-state index contributed by atoms with van der Waals surface area (Å²) in [6, 6.07) is 13.8. The molecule has 0 aliphatic heterocycles. The molecule has 5 nitrogen and oxygen atoms in total. The van der Waals surface area contributed by atoms with Crippen LogP contribution in [0.15, 0.2) is 42.5 Å². The average Bonchev–Trinajstić information content (AvgIpc) is 3.19. The molecule has 1 aliphatic carbocycles. The van der Waals surface area contributed by atoms with Gasteiger partial charge in [-0.1, -0.05) is 31.0 Å². The van der Waals surface area contributed by atoms with E-state index in [9.17, 15) is 9.59 Å². The quantitative estimate of drug-likeness (QED) is 0.561. The zero-order valence-electron chi connectivity index (χ0n) is 17.3. The van der Waals surface area contributed by atoms with Gasteiger partial charge in [0.25, 0.3) is 5.91 Å². The molecule has 1 amide bonds. The van der Waals surface area contributed by atoms with E-state index in [4.69, 9.17) is 9.72 Å². The van der Waals surface area contributed by atoms with E-state index in [2.05, 4.69) is 11.4 Å². The first-order chi connectivity index (χ1) is 14.5. The van der Waals surface area contributed by atoms with Crippen molar-refractivity contribution in [2.45, 2.75) is 45.4 Å². The van der Waals surface area contributed by atoms with E-state index in [1.165, 1.54) is 0 Å². The molecule has 0 radical (unpaired) electrons. The minimum atomic E-state index is -0.320. The van der Waals surface area contributed by atoms with E-state index in [1.54, 1.807) is 11.3 Å². The van der Waals surface area contributed by atoms with Crippen LogP contribution in [0.5, 0.6) is 0 Å². The molecule has 2 unspecified atom stereocenters. The lowest BCUT2D eigenvalue weighted by Crippen LogP contribution is -2.30. The van der Waals surface area contributed by atoms with Crippen LogP contribution >= 0.6 is 11.3 Å². The number of amides is 1. The number of hydrogen-bond acceptors (Lipinski definition) is 5. The predicted octanol–water partition coefficient (Wildman–Crippen LogP) is 5.37. The smallest absolute Gasteiger partial charge is 0.310 e. The molecule has 156 valence electrons. The van der Waals surface area contributed by atoms with Crippen LogP contribution in [0, 0.1) is 19.8 Å². The van der Waals surface area contributed by atoms with Crippen LogP contribution in [0.3, 0.4) is 0 Å². The highest BCUT2D eigenvalue weighted by Crippen LogP contribution is 2.41. The number of carbonyl (C=O) groups is 2. The number of ether oxygens (including phenoxy) is 1. The molecule has 3 aromatic rings. The summed E-state index contributed by atoms with van der Waals surface area (Å²) >= 11 is 1.66. The summed E-state index contributed by atoms with van der Waals surface area (Å²) in [6.07, 6.45) is 3.78. The standard InChI is InChI=1S/C24H26N2O3S/c1-15-11-12-17(13-16(15)2)25-22(27)14-29-24(28)19-8-4-3-7-18(19)23-26-20-9-5-6-10-21(20)30-23/h5-6,9-13,18-19H,3-4,7-8,14H2,1-2H3,(H,25,27). The van der Waals surface area contributed by atoms with Crippen molar-refractivity contribution in [3.63, 3.8) is 0 Å². The second-order valence-electron chi connectivity index (χ2n) is 7.97. The number of aromatic nitrogens is 1. The summed E-state index contributed by atoms with van der Waals surface area (Å²) in [7, 11) is 0. The molecule has 0 saturated heterocycles. The maximum absolute atomic E-state index is 12.8. The van der Waals surface area contributed by atoms with Gasteiger partial charge in [-0.15, -0.1) is 11.3 Å². The van der Waals surface area contributed by atoms with Crippen molar-refractivity contribution in [1.29, 1.82) is 0 Å². The van der Waals surface area contributed by atoms with E-state index in [0.717, 1.165) is 52.0 Å². The second kappa shape index (κ2) is 8.96. The maximum atomic E-state index is 12.8. The fraction of sp³-hybridized carbons (Fsp3) is 0.375. The monoisotopic (exact) mass is 422 g/mol. The molecule has 1 aromatic heterocycles. The Kier molecular flexibility index (Phi) is 6.13. The molecule has 1 aliphatic rings. The summed E-state index contributed by atoms with van der Waals surface area (Å²) in [5.41, 5.74) is 3.95. The number of rotatable bonds is 5. The fourth-order valence-electron chi connectivity index (χ4n) is 4.02. The van der Waals surface area contributed by atoms with Crippen LogP contribution in [0.1, 0.15) is 47.7 Å². The van der Waals surface area contributed by atoms with Crippen molar-refractivity contribution in [2.24, 2.45) is 5.92 Å². The molecule has 6 heteroatoms. The number of benzene rings is 2. The highest BCUT2D eigenvalue weighted by Gasteiger charge is 2.35. The molecule has 30 heavy (non-hydrogen) atoms. The molecule has 0 spiro atoms. The molecule has 1 fully saturated rings. The Morgan fingerprint density at radius 2 is 1.90 bits per heavy atom. The van der Waals surface area contributed by atoms with Crippen molar-refractivity contribution in [1.82, 2.24) is 4.98 Å². The lowest BCUT2D eigenvalue weighted by molar-refractivity contribution is -0.153. The van der Waals surface area contributed by atoms with Crippen LogP contribution in [-0.2, 0) is 14.3 Å². The minimum Gasteiger partial charge on any atom is -0.455 e. The summed E-state index contributed by atoms with van der Waals surface area (Å²) in [5, 5.41) is 3.80. The Balaban J connectivity index is 1.39. The second-order valence-corrected chi connectivity index (χ2v) is 9.03. The molecular weight excluding hydrogens is 396 g/mol. The third-order valence-electron chi connectivity index (χ3n) is 5.83. The number of para-hydroxylation sites is 1. The Labute approximate surface area is 180 Å². The molecule has 1 N–H and O–H groups in total. The Bertz CT molecular complexity index is 1040. The number of esters is 1.